The molecule has 0 aliphatic rings. The Bertz CT molecular complexity index is 520. The van der Waals surface area contributed by atoms with E-state index in [0.29, 0.717) is 9.90 Å². The molecule has 84 valence electrons. The molecule has 5 nitrogen and oxygen atoms in total. The van der Waals surface area contributed by atoms with Crippen molar-refractivity contribution in [2.45, 2.75) is 13.3 Å². The van der Waals surface area contributed by atoms with E-state index < -0.39 is 0 Å². The SMILES string of the molecule is Cc1nn(C)c(CC(=O)c2cnns2)c1Cl. The van der Waals surface area contributed by atoms with Crippen LogP contribution in [-0.4, -0.2) is 25.2 Å². The van der Waals surface area contributed by atoms with Crippen molar-refractivity contribution >= 4 is 28.9 Å². The third kappa shape index (κ3) is 1.98. The van der Waals surface area contributed by atoms with E-state index in [1.807, 2.05) is 6.92 Å². The van der Waals surface area contributed by atoms with Gasteiger partial charge in [0.05, 0.1) is 29.0 Å². The fourth-order valence-corrected chi connectivity index (χ4v) is 2.08. The molecule has 7 heteroatoms. The van der Waals surface area contributed by atoms with Gasteiger partial charge < -0.3 is 0 Å². The molecular weight excluding hydrogens is 248 g/mol. The number of halogens is 1. The second-order valence-corrected chi connectivity index (χ2v) is 4.52. The van der Waals surface area contributed by atoms with Crippen molar-refractivity contribution in [3.63, 3.8) is 0 Å². The second kappa shape index (κ2) is 4.31. The third-order valence-electron chi connectivity index (χ3n) is 2.23. The highest BCUT2D eigenvalue weighted by atomic mass is 35.5. The topological polar surface area (TPSA) is 60.7 Å². The van der Waals surface area contributed by atoms with E-state index in [4.69, 9.17) is 11.6 Å². The number of rotatable bonds is 3. The minimum absolute atomic E-state index is 0.0418. The Kier molecular flexibility index (Phi) is 3.02. The van der Waals surface area contributed by atoms with Gasteiger partial charge in [0.2, 0.25) is 0 Å². The smallest absolute Gasteiger partial charge is 0.182 e. The van der Waals surface area contributed by atoms with Gasteiger partial charge in [0.25, 0.3) is 0 Å². The van der Waals surface area contributed by atoms with Gasteiger partial charge in [-0.2, -0.15) is 5.10 Å². The first-order valence-corrected chi connectivity index (χ1v) is 5.73. The van der Waals surface area contributed by atoms with E-state index >= 15 is 0 Å². The molecule has 0 saturated carbocycles. The van der Waals surface area contributed by atoms with Crippen LogP contribution >= 0.6 is 23.1 Å². The Morgan fingerprint density at radius 2 is 2.38 bits per heavy atom. The van der Waals surface area contributed by atoms with Gasteiger partial charge in [-0.1, -0.05) is 16.1 Å². The molecule has 0 atom stereocenters. The first-order chi connectivity index (χ1) is 7.59. The number of carbonyl (C=O) groups is 1. The number of aromatic nitrogens is 4. The summed E-state index contributed by atoms with van der Waals surface area (Å²) in [4.78, 5) is 12.4. The average molecular weight is 257 g/mol. The van der Waals surface area contributed by atoms with Gasteiger partial charge in [-0.3, -0.25) is 9.48 Å². The predicted molar refractivity (Wildman–Crippen MR) is 60.9 cm³/mol. The zero-order valence-corrected chi connectivity index (χ0v) is 10.3. The maximum Gasteiger partial charge on any atom is 0.182 e. The number of nitrogens with zero attached hydrogens (tertiary/aromatic N) is 4. The van der Waals surface area contributed by atoms with Crippen LogP contribution in [0, 0.1) is 6.92 Å². The van der Waals surface area contributed by atoms with Crippen LogP contribution in [0.5, 0.6) is 0 Å². The van der Waals surface area contributed by atoms with Crippen molar-refractivity contribution in [3.05, 3.63) is 27.5 Å². The zero-order chi connectivity index (χ0) is 11.7. The summed E-state index contributed by atoms with van der Waals surface area (Å²) in [5.74, 6) is -0.0418. The monoisotopic (exact) mass is 256 g/mol. The van der Waals surface area contributed by atoms with Crippen LogP contribution in [0.4, 0.5) is 0 Å². The molecule has 2 rings (SSSR count). The lowest BCUT2D eigenvalue weighted by Gasteiger charge is -1.99. The molecule has 0 N–H and O–H groups in total. The number of aryl methyl sites for hydroxylation is 2. The maximum atomic E-state index is 11.8. The van der Waals surface area contributed by atoms with Crippen LogP contribution in [0.3, 0.4) is 0 Å². The van der Waals surface area contributed by atoms with E-state index in [1.54, 1.807) is 11.7 Å². The molecule has 2 aromatic rings. The van der Waals surface area contributed by atoms with Crippen molar-refractivity contribution < 1.29 is 4.79 Å². The molecule has 0 radical (unpaired) electrons. The summed E-state index contributed by atoms with van der Waals surface area (Å²) in [7, 11) is 1.77. The maximum absolute atomic E-state index is 11.8. The molecule has 2 aromatic heterocycles. The van der Waals surface area contributed by atoms with Gasteiger partial charge in [0.15, 0.2) is 5.78 Å². The Morgan fingerprint density at radius 3 is 2.88 bits per heavy atom. The normalized spacial score (nSPS) is 10.7. The second-order valence-electron chi connectivity index (χ2n) is 3.35. The summed E-state index contributed by atoms with van der Waals surface area (Å²) in [5.41, 5.74) is 1.45. The number of ketones is 1. The molecule has 0 unspecified atom stereocenters. The number of Topliss-reactive ketones (excluding diaryl/α,β-unsaturated/α-hetero) is 1. The fraction of sp³-hybridized carbons (Fsp3) is 0.333. The van der Waals surface area contributed by atoms with Gasteiger partial charge in [-0.05, 0) is 18.5 Å². The third-order valence-corrected chi connectivity index (χ3v) is 3.42. The minimum atomic E-state index is -0.0418. The molecule has 16 heavy (non-hydrogen) atoms. The van der Waals surface area contributed by atoms with Crippen molar-refractivity contribution in [2.75, 3.05) is 0 Å². The molecular formula is C9H9ClN4OS. The molecule has 0 fully saturated rings. The summed E-state index contributed by atoms with van der Waals surface area (Å²) < 4.78 is 5.28. The molecule has 0 aromatic carbocycles. The molecule has 0 spiro atoms. The van der Waals surface area contributed by atoms with Crippen molar-refractivity contribution in [2.24, 2.45) is 7.05 Å². The number of carbonyl (C=O) groups excluding carboxylic acids is 1. The molecule has 0 aliphatic carbocycles. The van der Waals surface area contributed by atoms with E-state index in [0.717, 1.165) is 22.9 Å². The molecule has 0 bridgehead atoms. The van der Waals surface area contributed by atoms with Crippen molar-refractivity contribution in [3.8, 4) is 0 Å². The highest BCUT2D eigenvalue weighted by molar-refractivity contribution is 7.07. The van der Waals surface area contributed by atoms with Gasteiger partial charge >= 0.3 is 0 Å². The van der Waals surface area contributed by atoms with Gasteiger partial charge in [-0.15, -0.1) is 5.10 Å². The Morgan fingerprint density at radius 1 is 1.62 bits per heavy atom. The Balaban J connectivity index is 2.25. The highest BCUT2D eigenvalue weighted by Crippen LogP contribution is 2.21. The number of hydrogen-bond acceptors (Lipinski definition) is 5. The molecule has 0 amide bonds. The molecule has 0 saturated heterocycles. The van der Waals surface area contributed by atoms with Gasteiger partial charge in [0.1, 0.15) is 4.88 Å². The summed E-state index contributed by atoms with van der Waals surface area (Å²) in [5, 5.41) is 8.33. The van der Waals surface area contributed by atoms with E-state index in [-0.39, 0.29) is 12.2 Å². The predicted octanol–water partition coefficient (Wildman–Crippen LogP) is 1.66. The van der Waals surface area contributed by atoms with E-state index in [9.17, 15) is 4.79 Å². The van der Waals surface area contributed by atoms with Gasteiger partial charge in [-0.25, -0.2) is 0 Å². The summed E-state index contributed by atoms with van der Waals surface area (Å²) in [6, 6.07) is 0. The van der Waals surface area contributed by atoms with E-state index in [1.165, 1.54) is 6.20 Å². The Labute approximate surface area is 101 Å². The standard InChI is InChI=1S/C9H9ClN4OS/c1-5-9(10)6(14(2)12-5)3-7(15)8-4-11-13-16-8/h4H,3H2,1-2H3. The quantitative estimate of drug-likeness (QED) is 0.784. The van der Waals surface area contributed by atoms with Crippen LogP contribution < -0.4 is 0 Å². The lowest BCUT2D eigenvalue weighted by Crippen LogP contribution is -2.07. The molecule has 2 heterocycles. The van der Waals surface area contributed by atoms with Crippen LogP contribution in [0.2, 0.25) is 5.02 Å². The zero-order valence-electron chi connectivity index (χ0n) is 8.77. The largest absolute Gasteiger partial charge is 0.293 e. The lowest BCUT2D eigenvalue weighted by atomic mass is 10.2. The Hall–Kier alpha value is -1.27. The highest BCUT2D eigenvalue weighted by Gasteiger charge is 2.17. The van der Waals surface area contributed by atoms with Crippen LogP contribution in [0.25, 0.3) is 0 Å². The first kappa shape index (κ1) is 11.2. The van der Waals surface area contributed by atoms with Gasteiger partial charge in [0, 0.05) is 7.05 Å². The lowest BCUT2D eigenvalue weighted by molar-refractivity contribution is 0.0994. The summed E-state index contributed by atoms with van der Waals surface area (Å²) in [6.45, 7) is 1.81. The van der Waals surface area contributed by atoms with Crippen LogP contribution in [0.15, 0.2) is 6.20 Å². The van der Waals surface area contributed by atoms with E-state index in [2.05, 4.69) is 14.7 Å². The average Bonchev–Trinajstić information content (AvgIpc) is 2.83. The van der Waals surface area contributed by atoms with Crippen LogP contribution in [-0.2, 0) is 13.5 Å². The summed E-state index contributed by atoms with van der Waals surface area (Å²) >= 11 is 7.14. The summed E-state index contributed by atoms with van der Waals surface area (Å²) in [6.07, 6.45) is 1.68. The van der Waals surface area contributed by atoms with Crippen LogP contribution in [0.1, 0.15) is 21.1 Å². The van der Waals surface area contributed by atoms with Crippen molar-refractivity contribution in [1.82, 2.24) is 19.4 Å². The number of hydrogen-bond donors (Lipinski definition) is 0. The minimum Gasteiger partial charge on any atom is -0.293 e. The molecule has 0 aliphatic heterocycles. The fourth-order valence-electron chi connectivity index (χ4n) is 1.40. The van der Waals surface area contributed by atoms with Crippen molar-refractivity contribution in [1.29, 1.82) is 0 Å². The first-order valence-electron chi connectivity index (χ1n) is 4.58.